The van der Waals surface area contributed by atoms with E-state index in [9.17, 15) is 4.79 Å². The van der Waals surface area contributed by atoms with Gasteiger partial charge < -0.3 is 14.8 Å². The van der Waals surface area contributed by atoms with Gasteiger partial charge in [0.25, 0.3) is 5.91 Å². The first kappa shape index (κ1) is 21.8. The Balaban J connectivity index is 1.88. The van der Waals surface area contributed by atoms with Crippen LogP contribution in [-0.2, 0) is 4.79 Å². The molecule has 5 nitrogen and oxygen atoms in total. The van der Waals surface area contributed by atoms with Crippen LogP contribution in [0.25, 0.3) is 6.08 Å². The molecule has 0 atom stereocenters. The third-order valence-corrected chi connectivity index (χ3v) is 5.21. The topological polar surface area (TPSA) is 59.9 Å². The van der Waals surface area contributed by atoms with Gasteiger partial charge >= 0.3 is 0 Å². The van der Waals surface area contributed by atoms with Crippen LogP contribution in [-0.4, -0.2) is 24.3 Å². The van der Waals surface area contributed by atoms with Crippen molar-refractivity contribution in [2.45, 2.75) is 20.8 Å². The molecule has 1 saturated heterocycles. The van der Waals surface area contributed by atoms with E-state index < -0.39 is 0 Å². The summed E-state index contributed by atoms with van der Waals surface area (Å²) >= 11 is 7.63. The van der Waals surface area contributed by atoms with Crippen molar-refractivity contribution in [2.24, 2.45) is 4.99 Å². The van der Waals surface area contributed by atoms with E-state index in [1.807, 2.05) is 32.9 Å². The lowest BCUT2D eigenvalue weighted by Gasteiger charge is -2.13. The number of amidine groups is 1. The van der Waals surface area contributed by atoms with Gasteiger partial charge in [0.1, 0.15) is 6.61 Å². The summed E-state index contributed by atoms with van der Waals surface area (Å²) in [7, 11) is 0. The highest BCUT2D eigenvalue weighted by atomic mass is 35.5. The Morgan fingerprint density at radius 2 is 1.93 bits per heavy atom. The Morgan fingerprint density at radius 3 is 2.60 bits per heavy atom. The molecule has 0 unspecified atom stereocenters. The van der Waals surface area contributed by atoms with Crippen molar-refractivity contribution in [3.05, 3.63) is 56.9 Å². The Bertz CT molecular complexity index is 1070. The molecule has 0 aliphatic carbocycles. The Labute approximate surface area is 185 Å². The maximum Gasteiger partial charge on any atom is 0.264 e. The third-order valence-electron chi connectivity index (χ3n) is 4.02. The summed E-state index contributed by atoms with van der Waals surface area (Å²) in [6.45, 7) is 6.40. The van der Waals surface area contributed by atoms with Gasteiger partial charge in [-0.25, -0.2) is 4.99 Å². The highest BCUT2D eigenvalue weighted by Crippen LogP contribution is 2.38. The molecule has 3 rings (SSSR count). The third kappa shape index (κ3) is 5.38. The van der Waals surface area contributed by atoms with E-state index in [0.717, 1.165) is 16.8 Å². The summed E-state index contributed by atoms with van der Waals surface area (Å²) in [5.41, 5.74) is 3.74. The van der Waals surface area contributed by atoms with E-state index in [-0.39, 0.29) is 12.5 Å². The van der Waals surface area contributed by atoms with Crippen LogP contribution in [0.5, 0.6) is 11.5 Å². The molecule has 0 saturated carbocycles. The molecular formula is C23H21ClN2O3S. The smallest absolute Gasteiger partial charge is 0.264 e. The summed E-state index contributed by atoms with van der Waals surface area (Å²) in [5, 5.41) is 3.69. The van der Waals surface area contributed by atoms with E-state index >= 15 is 0 Å². The number of aryl methyl sites for hydroxylation is 2. The van der Waals surface area contributed by atoms with Gasteiger partial charge in [-0.3, -0.25) is 4.79 Å². The first-order chi connectivity index (χ1) is 14.4. The molecule has 1 fully saturated rings. The molecule has 2 aromatic carbocycles. The minimum Gasteiger partial charge on any atom is -0.490 e. The Kier molecular flexibility index (Phi) is 7.09. The van der Waals surface area contributed by atoms with Crippen molar-refractivity contribution < 1.29 is 14.3 Å². The summed E-state index contributed by atoms with van der Waals surface area (Å²) in [5.74, 6) is 3.05. The molecule has 0 aromatic heterocycles. The van der Waals surface area contributed by atoms with Crippen LogP contribution in [0, 0.1) is 26.2 Å². The molecule has 0 radical (unpaired) electrons. The lowest BCUT2D eigenvalue weighted by Crippen LogP contribution is -2.19. The maximum absolute atomic E-state index is 12.4. The van der Waals surface area contributed by atoms with Crippen LogP contribution in [0.2, 0.25) is 5.02 Å². The van der Waals surface area contributed by atoms with E-state index in [4.69, 9.17) is 27.5 Å². The minimum absolute atomic E-state index is 0.0801. The fraction of sp³-hybridized carbons (Fsp3) is 0.217. The second-order valence-electron chi connectivity index (χ2n) is 6.58. The van der Waals surface area contributed by atoms with Gasteiger partial charge in [0.15, 0.2) is 16.7 Å². The van der Waals surface area contributed by atoms with Gasteiger partial charge in [-0.2, -0.15) is 0 Å². The molecule has 1 aliphatic rings. The summed E-state index contributed by atoms with van der Waals surface area (Å²) in [4.78, 5) is 17.5. The van der Waals surface area contributed by atoms with E-state index in [2.05, 4.69) is 22.3 Å². The van der Waals surface area contributed by atoms with E-state index in [0.29, 0.717) is 38.8 Å². The predicted octanol–water partition coefficient (Wildman–Crippen LogP) is 5.26. The number of aliphatic imine (C=N–C) groups is 1. The SMILES string of the molecule is C#CCOc1c(Cl)cc(/C=C2\SC(=Nc3cc(C)cc(C)c3)NC2=O)cc1OCC. The number of nitrogens with zero attached hydrogens (tertiary/aromatic N) is 1. The predicted molar refractivity (Wildman–Crippen MR) is 124 cm³/mol. The molecule has 2 aromatic rings. The number of carbonyl (C=O) groups is 1. The van der Waals surface area contributed by atoms with Crippen LogP contribution in [0.4, 0.5) is 5.69 Å². The van der Waals surface area contributed by atoms with E-state index in [1.54, 1.807) is 18.2 Å². The molecular weight excluding hydrogens is 420 g/mol. The monoisotopic (exact) mass is 440 g/mol. The number of ether oxygens (including phenoxy) is 2. The van der Waals surface area contributed by atoms with Crippen molar-refractivity contribution in [1.29, 1.82) is 0 Å². The first-order valence-corrected chi connectivity index (χ1v) is 10.5. The van der Waals surface area contributed by atoms with E-state index in [1.165, 1.54) is 11.8 Å². The molecule has 30 heavy (non-hydrogen) atoms. The molecule has 1 N–H and O–H groups in total. The number of rotatable bonds is 6. The molecule has 1 heterocycles. The zero-order valence-electron chi connectivity index (χ0n) is 16.9. The van der Waals surface area contributed by atoms with Crippen LogP contribution in [0.3, 0.4) is 0 Å². The van der Waals surface area contributed by atoms with Gasteiger partial charge in [-0.15, -0.1) is 6.42 Å². The molecule has 0 spiro atoms. The maximum atomic E-state index is 12.4. The average molecular weight is 441 g/mol. The molecule has 7 heteroatoms. The van der Waals surface area contributed by atoms with Crippen molar-refractivity contribution in [2.75, 3.05) is 13.2 Å². The largest absolute Gasteiger partial charge is 0.490 e. The fourth-order valence-electron chi connectivity index (χ4n) is 2.95. The van der Waals surface area contributed by atoms with Gasteiger partial charge in [0.2, 0.25) is 0 Å². The fourth-order valence-corrected chi connectivity index (χ4v) is 4.07. The Morgan fingerprint density at radius 1 is 1.20 bits per heavy atom. The summed E-state index contributed by atoms with van der Waals surface area (Å²) in [6.07, 6.45) is 7.00. The van der Waals surface area contributed by atoms with Gasteiger partial charge in [-0.1, -0.05) is 23.6 Å². The number of thioether (sulfide) groups is 1. The number of halogens is 1. The van der Waals surface area contributed by atoms with Crippen molar-refractivity contribution in [1.82, 2.24) is 5.32 Å². The number of terminal acetylenes is 1. The van der Waals surface area contributed by atoms with Crippen molar-refractivity contribution >= 4 is 46.2 Å². The standard InChI is InChI=1S/C23H21ClN2O3S/c1-5-7-29-21-18(24)11-16(12-19(21)28-6-2)13-20-22(27)26-23(30-20)25-17-9-14(3)8-15(4)10-17/h1,8-13H,6-7H2,2-4H3,(H,25,26,27)/b20-13-. The second-order valence-corrected chi connectivity index (χ2v) is 8.02. The zero-order chi connectivity index (χ0) is 21.7. The van der Waals surface area contributed by atoms with Crippen LogP contribution < -0.4 is 14.8 Å². The highest BCUT2D eigenvalue weighted by Gasteiger charge is 2.24. The zero-order valence-corrected chi connectivity index (χ0v) is 18.5. The lowest BCUT2D eigenvalue weighted by atomic mass is 10.1. The summed E-state index contributed by atoms with van der Waals surface area (Å²) in [6, 6.07) is 9.48. The average Bonchev–Trinajstić information content (AvgIpc) is 2.99. The molecule has 1 aliphatic heterocycles. The lowest BCUT2D eigenvalue weighted by molar-refractivity contribution is -0.115. The normalized spacial score (nSPS) is 15.9. The number of amides is 1. The summed E-state index contributed by atoms with van der Waals surface area (Å²) < 4.78 is 11.1. The number of carbonyl (C=O) groups excluding carboxylic acids is 1. The number of hydrogen-bond acceptors (Lipinski definition) is 5. The molecule has 1 amide bonds. The van der Waals surface area contributed by atoms with Crippen molar-refractivity contribution in [3.8, 4) is 23.8 Å². The highest BCUT2D eigenvalue weighted by molar-refractivity contribution is 8.18. The van der Waals surface area contributed by atoms with Crippen molar-refractivity contribution in [3.63, 3.8) is 0 Å². The number of nitrogens with one attached hydrogen (secondary N) is 1. The quantitative estimate of drug-likeness (QED) is 0.491. The second kappa shape index (κ2) is 9.75. The minimum atomic E-state index is -0.218. The molecule has 0 bridgehead atoms. The molecule has 154 valence electrons. The first-order valence-electron chi connectivity index (χ1n) is 9.30. The van der Waals surface area contributed by atoms with Gasteiger partial charge in [0.05, 0.1) is 22.2 Å². The van der Waals surface area contributed by atoms with Crippen LogP contribution >= 0.6 is 23.4 Å². The van der Waals surface area contributed by atoms with Gasteiger partial charge in [0, 0.05) is 0 Å². The number of benzene rings is 2. The van der Waals surface area contributed by atoms with Crippen LogP contribution in [0.15, 0.2) is 40.2 Å². The number of hydrogen-bond donors (Lipinski definition) is 1. The van der Waals surface area contributed by atoms with Gasteiger partial charge in [-0.05, 0) is 79.6 Å². The Hall–Kier alpha value is -2.88. The van der Waals surface area contributed by atoms with Crippen LogP contribution in [0.1, 0.15) is 23.6 Å².